The van der Waals surface area contributed by atoms with Gasteiger partial charge in [0.2, 0.25) is 5.88 Å². The third-order valence-electron chi connectivity index (χ3n) is 6.32. The van der Waals surface area contributed by atoms with E-state index in [1.165, 1.54) is 12.1 Å². The molecule has 0 amide bonds. The van der Waals surface area contributed by atoms with Crippen LogP contribution in [-0.4, -0.2) is 19.2 Å². The molecule has 0 radical (unpaired) electrons. The maximum atomic E-state index is 12.9. The number of carbonyl (C=O) groups excluding carboxylic acids is 1. The van der Waals surface area contributed by atoms with Gasteiger partial charge in [0.05, 0.1) is 34.7 Å². The van der Waals surface area contributed by atoms with Crippen LogP contribution in [0.1, 0.15) is 66.9 Å². The van der Waals surface area contributed by atoms with Gasteiger partial charge in [-0.05, 0) is 48.7 Å². The minimum Gasteiger partial charge on any atom is -0.494 e. The zero-order valence-electron chi connectivity index (χ0n) is 22.3. The van der Waals surface area contributed by atoms with E-state index >= 15 is 0 Å². The SMILES string of the molecule is CCCCCOc1ccc(C2C(C#N)=C(N)Oc3cc(OC(=O)c4cc(Cl)c(OCCC)c(Cl)c4)ccc32)cc1. The lowest BCUT2D eigenvalue weighted by Gasteiger charge is -2.27. The highest BCUT2D eigenvalue weighted by Crippen LogP contribution is 2.44. The molecule has 7 nitrogen and oxygen atoms in total. The molecule has 1 aliphatic rings. The number of ether oxygens (including phenoxy) is 4. The molecule has 40 heavy (non-hydrogen) atoms. The lowest BCUT2D eigenvalue weighted by atomic mass is 9.83. The molecule has 1 heterocycles. The van der Waals surface area contributed by atoms with Crippen molar-refractivity contribution < 1.29 is 23.7 Å². The molecule has 0 aliphatic carbocycles. The average molecular weight is 581 g/mol. The van der Waals surface area contributed by atoms with Crippen LogP contribution < -0.4 is 24.7 Å². The number of nitrogens with zero attached hydrogens (tertiary/aromatic N) is 1. The largest absolute Gasteiger partial charge is 0.494 e. The molecular formula is C31H30Cl2N2O5. The number of nitriles is 1. The number of carbonyl (C=O) groups is 1. The molecule has 0 aromatic heterocycles. The van der Waals surface area contributed by atoms with Crippen LogP contribution in [0.25, 0.3) is 0 Å². The number of esters is 1. The van der Waals surface area contributed by atoms with E-state index in [0.717, 1.165) is 37.0 Å². The van der Waals surface area contributed by atoms with E-state index in [0.29, 0.717) is 35.8 Å². The zero-order valence-corrected chi connectivity index (χ0v) is 23.8. The van der Waals surface area contributed by atoms with Crippen molar-refractivity contribution in [3.05, 3.63) is 92.8 Å². The molecule has 1 unspecified atom stereocenters. The first-order valence-electron chi connectivity index (χ1n) is 13.1. The molecule has 0 saturated heterocycles. The molecule has 0 fully saturated rings. The Bertz CT molecular complexity index is 1420. The normalized spacial score (nSPS) is 14.1. The minimum absolute atomic E-state index is 0.00963. The number of rotatable bonds is 11. The van der Waals surface area contributed by atoms with E-state index in [9.17, 15) is 10.1 Å². The molecule has 208 valence electrons. The maximum absolute atomic E-state index is 12.9. The number of benzene rings is 3. The molecule has 0 saturated carbocycles. The third-order valence-corrected chi connectivity index (χ3v) is 6.88. The van der Waals surface area contributed by atoms with Crippen LogP contribution in [0.5, 0.6) is 23.0 Å². The Labute approximate surface area is 244 Å². The summed E-state index contributed by atoms with van der Waals surface area (Å²) in [6.07, 6.45) is 4.02. The summed E-state index contributed by atoms with van der Waals surface area (Å²) in [4.78, 5) is 12.9. The number of unbranched alkanes of at least 4 members (excludes halogenated alkanes) is 2. The molecule has 1 aliphatic heterocycles. The first-order chi connectivity index (χ1) is 19.4. The van der Waals surface area contributed by atoms with Crippen LogP contribution in [0.15, 0.2) is 66.1 Å². The standard InChI is InChI=1S/C31H30Cl2N2O5/c1-3-5-6-14-37-21-9-7-19(8-10-21)28-23-12-11-22(17-27(23)40-30(35)24(28)18-34)39-31(36)20-15-25(32)29(26(33)16-20)38-13-4-2/h7-12,15-17,28H,3-6,13-14,35H2,1-2H3. The minimum atomic E-state index is -0.658. The second-order valence-corrected chi connectivity index (χ2v) is 10.1. The van der Waals surface area contributed by atoms with Crippen LogP contribution in [0.2, 0.25) is 10.0 Å². The van der Waals surface area contributed by atoms with E-state index in [4.69, 9.17) is 47.9 Å². The smallest absolute Gasteiger partial charge is 0.343 e. The van der Waals surface area contributed by atoms with Crippen molar-refractivity contribution in [2.45, 2.75) is 45.4 Å². The fraction of sp³-hybridized carbons (Fsp3) is 0.290. The first-order valence-corrected chi connectivity index (χ1v) is 13.9. The van der Waals surface area contributed by atoms with Crippen molar-refractivity contribution in [2.24, 2.45) is 5.73 Å². The number of allylic oxidation sites excluding steroid dienone is 1. The van der Waals surface area contributed by atoms with Crippen molar-refractivity contribution in [1.29, 1.82) is 5.26 Å². The first kappa shape index (κ1) is 29.1. The summed E-state index contributed by atoms with van der Waals surface area (Å²) < 4.78 is 22.7. The van der Waals surface area contributed by atoms with Gasteiger partial charge in [0, 0.05) is 11.6 Å². The molecule has 0 spiro atoms. The Morgan fingerprint density at radius 3 is 2.30 bits per heavy atom. The van der Waals surface area contributed by atoms with Gasteiger partial charge in [-0.2, -0.15) is 5.26 Å². The predicted molar refractivity (Wildman–Crippen MR) is 154 cm³/mol. The summed E-state index contributed by atoms with van der Waals surface area (Å²) in [7, 11) is 0. The summed E-state index contributed by atoms with van der Waals surface area (Å²) in [6, 6.07) is 17.6. The Morgan fingerprint density at radius 2 is 1.65 bits per heavy atom. The fourth-order valence-electron chi connectivity index (χ4n) is 4.33. The van der Waals surface area contributed by atoms with Crippen molar-refractivity contribution in [1.82, 2.24) is 0 Å². The summed E-state index contributed by atoms with van der Waals surface area (Å²) in [5.74, 6) is 0.562. The average Bonchev–Trinajstić information content (AvgIpc) is 2.94. The lowest BCUT2D eigenvalue weighted by Crippen LogP contribution is -2.21. The Hall–Kier alpha value is -3.86. The van der Waals surface area contributed by atoms with Gasteiger partial charge in [0.25, 0.3) is 0 Å². The molecule has 4 rings (SSSR count). The topological polar surface area (TPSA) is 104 Å². The second-order valence-electron chi connectivity index (χ2n) is 9.26. The molecule has 2 N–H and O–H groups in total. The van der Waals surface area contributed by atoms with E-state index in [1.807, 2.05) is 31.2 Å². The van der Waals surface area contributed by atoms with Crippen molar-refractivity contribution in [3.63, 3.8) is 0 Å². The van der Waals surface area contributed by atoms with Crippen LogP contribution >= 0.6 is 23.2 Å². The highest BCUT2D eigenvalue weighted by molar-refractivity contribution is 6.37. The summed E-state index contributed by atoms with van der Waals surface area (Å²) in [5.41, 5.74) is 8.17. The number of halogens is 2. The zero-order chi connectivity index (χ0) is 28.6. The van der Waals surface area contributed by atoms with Crippen LogP contribution in [0.3, 0.4) is 0 Å². The van der Waals surface area contributed by atoms with Gasteiger partial charge in [-0.3, -0.25) is 0 Å². The molecule has 3 aromatic rings. The monoisotopic (exact) mass is 580 g/mol. The van der Waals surface area contributed by atoms with E-state index in [2.05, 4.69) is 13.0 Å². The second kappa shape index (κ2) is 13.5. The molecule has 1 atom stereocenters. The number of hydrogen-bond donors (Lipinski definition) is 1. The molecule has 9 heteroatoms. The van der Waals surface area contributed by atoms with Crippen LogP contribution in [0.4, 0.5) is 0 Å². The highest BCUT2D eigenvalue weighted by atomic mass is 35.5. The van der Waals surface area contributed by atoms with Gasteiger partial charge in [0.15, 0.2) is 5.75 Å². The van der Waals surface area contributed by atoms with Crippen LogP contribution in [-0.2, 0) is 0 Å². The maximum Gasteiger partial charge on any atom is 0.343 e. The van der Waals surface area contributed by atoms with Gasteiger partial charge in [-0.15, -0.1) is 0 Å². The summed E-state index contributed by atoms with van der Waals surface area (Å²) >= 11 is 12.6. The van der Waals surface area contributed by atoms with Gasteiger partial charge in [-0.25, -0.2) is 4.79 Å². The van der Waals surface area contributed by atoms with Gasteiger partial charge in [-0.1, -0.05) is 68.1 Å². The van der Waals surface area contributed by atoms with Crippen molar-refractivity contribution >= 4 is 29.2 Å². The van der Waals surface area contributed by atoms with E-state index in [-0.39, 0.29) is 27.2 Å². The number of fused-ring (bicyclic) bond motifs is 1. The van der Waals surface area contributed by atoms with Crippen molar-refractivity contribution in [3.8, 4) is 29.1 Å². The van der Waals surface area contributed by atoms with Crippen LogP contribution in [0, 0.1) is 11.3 Å². The predicted octanol–water partition coefficient (Wildman–Crippen LogP) is 7.79. The highest BCUT2D eigenvalue weighted by Gasteiger charge is 2.31. The molecular weight excluding hydrogens is 551 g/mol. The quantitative estimate of drug-likeness (QED) is 0.140. The number of hydrogen-bond acceptors (Lipinski definition) is 7. The number of nitrogens with two attached hydrogens (primary N) is 1. The lowest BCUT2D eigenvalue weighted by molar-refractivity contribution is 0.0734. The van der Waals surface area contributed by atoms with Gasteiger partial charge < -0.3 is 24.7 Å². The van der Waals surface area contributed by atoms with Gasteiger partial charge >= 0.3 is 5.97 Å². The van der Waals surface area contributed by atoms with Crippen molar-refractivity contribution in [2.75, 3.05) is 13.2 Å². The Kier molecular flexibility index (Phi) is 9.81. The molecule has 3 aromatic carbocycles. The van der Waals surface area contributed by atoms with E-state index < -0.39 is 11.9 Å². The third kappa shape index (κ3) is 6.64. The molecule has 0 bridgehead atoms. The Morgan fingerprint density at radius 1 is 0.950 bits per heavy atom. The summed E-state index contributed by atoms with van der Waals surface area (Å²) in [5, 5.41) is 10.3. The Balaban J connectivity index is 1.55. The summed E-state index contributed by atoms with van der Waals surface area (Å²) in [6.45, 7) is 5.21. The fourth-order valence-corrected chi connectivity index (χ4v) is 4.92. The van der Waals surface area contributed by atoms with E-state index in [1.54, 1.807) is 18.2 Å². The van der Waals surface area contributed by atoms with Gasteiger partial charge in [0.1, 0.15) is 28.9 Å².